The lowest BCUT2D eigenvalue weighted by Gasteiger charge is -2.20. The van der Waals surface area contributed by atoms with Gasteiger partial charge in [-0.15, -0.1) is 0 Å². The number of hydrogen-bond donors (Lipinski definition) is 1. The molecule has 1 N–H and O–H groups in total. The molecule has 0 radical (unpaired) electrons. The second-order valence-electron chi connectivity index (χ2n) is 5.82. The van der Waals surface area contributed by atoms with E-state index in [2.05, 4.69) is 31.3 Å². The van der Waals surface area contributed by atoms with Crippen LogP contribution in [0.2, 0.25) is 0 Å². The predicted molar refractivity (Wildman–Crippen MR) is 71.2 cm³/mol. The number of aryl methyl sites for hydroxylation is 2. The van der Waals surface area contributed by atoms with Gasteiger partial charge in [-0.1, -0.05) is 19.9 Å². The van der Waals surface area contributed by atoms with Crippen LogP contribution in [0.25, 0.3) is 0 Å². The summed E-state index contributed by atoms with van der Waals surface area (Å²) in [5.41, 5.74) is 2.79. The Morgan fingerprint density at radius 2 is 2.06 bits per heavy atom. The van der Waals surface area contributed by atoms with Crippen LogP contribution >= 0.6 is 0 Å². The summed E-state index contributed by atoms with van der Waals surface area (Å²) in [4.78, 5) is 4.77. The highest BCUT2D eigenvalue weighted by molar-refractivity contribution is 5.41. The zero-order chi connectivity index (χ0) is 11.8. The van der Waals surface area contributed by atoms with Gasteiger partial charge in [0, 0.05) is 11.7 Å². The molecule has 2 nitrogen and oxygen atoms in total. The Balaban J connectivity index is 1.73. The van der Waals surface area contributed by atoms with Crippen LogP contribution in [-0.2, 0) is 12.8 Å². The minimum absolute atomic E-state index is 0.622. The Kier molecular flexibility index (Phi) is 2.81. The highest BCUT2D eigenvalue weighted by Gasteiger charge is 2.29. The third kappa shape index (κ3) is 2.05. The fraction of sp³-hybridized carbons (Fsp3) is 0.667. The van der Waals surface area contributed by atoms with Gasteiger partial charge in [-0.25, -0.2) is 4.98 Å². The summed E-state index contributed by atoms with van der Waals surface area (Å²) >= 11 is 0. The molecule has 0 bridgehead atoms. The monoisotopic (exact) mass is 230 g/mol. The Bertz CT molecular complexity index is 413. The minimum atomic E-state index is 0.622. The summed E-state index contributed by atoms with van der Waals surface area (Å²) in [5.74, 6) is 2.71. The van der Waals surface area contributed by atoms with E-state index in [0.717, 1.165) is 17.7 Å². The van der Waals surface area contributed by atoms with Gasteiger partial charge in [0.2, 0.25) is 0 Å². The van der Waals surface area contributed by atoms with Crippen LogP contribution in [-0.4, -0.2) is 11.0 Å². The minimum Gasteiger partial charge on any atom is -0.367 e. The zero-order valence-electron chi connectivity index (χ0n) is 10.9. The van der Waals surface area contributed by atoms with Crippen LogP contribution < -0.4 is 5.32 Å². The molecule has 1 fully saturated rings. The molecule has 3 atom stereocenters. The van der Waals surface area contributed by atoms with E-state index < -0.39 is 0 Å². The second-order valence-corrected chi connectivity index (χ2v) is 5.82. The third-order valence-electron chi connectivity index (χ3n) is 4.73. The molecular weight excluding hydrogens is 208 g/mol. The maximum absolute atomic E-state index is 4.77. The van der Waals surface area contributed by atoms with Crippen molar-refractivity contribution in [1.29, 1.82) is 0 Å². The Morgan fingerprint density at radius 3 is 2.82 bits per heavy atom. The highest BCUT2D eigenvalue weighted by atomic mass is 15.0. The molecule has 1 saturated carbocycles. The summed E-state index contributed by atoms with van der Waals surface area (Å²) < 4.78 is 0. The summed E-state index contributed by atoms with van der Waals surface area (Å²) in [6, 6.07) is 5.05. The standard InChI is InChI=1S/C15H22N2/c1-10-6-8-13(11(10)2)16-15-9-7-12-4-3-5-14(12)17-15/h7,9-11,13H,3-6,8H2,1-2H3,(H,16,17). The molecule has 0 saturated heterocycles. The van der Waals surface area contributed by atoms with Crippen LogP contribution in [0.1, 0.15) is 44.4 Å². The van der Waals surface area contributed by atoms with E-state index in [4.69, 9.17) is 4.98 Å². The van der Waals surface area contributed by atoms with Crippen LogP contribution in [0.5, 0.6) is 0 Å². The van der Waals surface area contributed by atoms with Crippen LogP contribution in [0, 0.1) is 11.8 Å². The number of rotatable bonds is 2. The van der Waals surface area contributed by atoms with E-state index in [0.29, 0.717) is 6.04 Å². The van der Waals surface area contributed by atoms with Crippen LogP contribution in [0.3, 0.4) is 0 Å². The van der Waals surface area contributed by atoms with Gasteiger partial charge in [0.25, 0.3) is 0 Å². The van der Waals surface area contributed by atoms with Crippen molar-refractivity contribution in [2.75, 3.05) is 5.32 Å². The van der Waals surface area contributed by atoms with E-state index in [9.17, 15) is 0 Å². The molecule has 2 aliphatic rings. The molecule has 2 heteroatoms. The van der Waals surface area contributed by atoms with E-state index >= 15 is 0 Å². The third-order valence-corrected chi connectivity index (χ3v) is 4.73. The molecule has 0 amide bonds. The van der Waals surface area contributed by atoms with Crippen LogP contribution in [0.15, 0.2) is 12.1 Å². The van der Waals surface area contributed by atoms with Crippen molar-refractivity contribution in [2.45, 2.75) is 52.0 Å². The maximum Gasteiger partial charge on any atom is 0.126 e. The second kappa shape index (κ2) is 4.32. The smallest absolute Gasteiger partial charge is 0.126 e. The molecule has 1 aromatic rings. The van der Waals surface area contributed by atoms with Gasteiger partial charge in [0.1, 0.15) is 5.82 Å². The van der Waals surface area contributed by atoms with Gasteiger partial charge in [-0.2, -0.15) is 0 Å². The van der Waals surface area contributed by atoms with Crippen molar-refractivity contribution in [3.63, 3.8) is 0 Å². The summed E-state index contributed by atoms with van der Waals surface area (Å²) in [6.45, 7) is 4.73. The molecular formula is C15H22N2. The van der Waals surface area contributed by atoms with Crippen molar-refractivity contribution in [3.8, 4) is 0 Å². The number of nitrogens with zero attached hydrogens (tertiary/aromatic N) is 1. The molecule has 3 rings (SSSR count). The predicted octanol–water partition coefficient (Wildman–Crippen LogP) is 3.42. The summed E-state index contributed by atoms with van der Waals surface area (Å²) in [5, 5.41) is 3.64. The van der Waals surface area contributed by atoms with Crippen molar-refractivity contribution >= 4 is 5.82 Å². The average molecular weight is 230 g/mol. The van der Waals surface area contributed by atoms with Gasteiger partial charge in [-0.05, 0) is 55.6 Å². The zero-order valence-corrected chi connectivity index (χ0v) is 10.9. The highest BCUT2D eigenvalue weighted by Crippen LogP contribution is 2.33. The Hall–Kier alpha value is -1.05. The lowest BCUT2D eigenvalue weighted by molar-refractivity contribution is 0.435. The van der Waals surface area contributed by atoms with Gasteiger partial charge in [0.05, 0.1) is 0 Å². The van der Waals surface area contributed by atoms with E-state index in [1.807, 2.05) is 0 Å². The van der Waals surface area contributed by atoms with Gasteiger partial charge >= 0.3 is 0 Å². The SMILES string of the molecule is CC1CCC(Nc2ccc3c(n2)CCC3)C1C. The molecule has 0 spiro atoms. The van der Waals surface area contributed by atoms with E-state index in [1.165, 1.54) is 43.4 Å². The number of anilines is 1. The van der Waals surface area contributed by atoms with Crippen molar-refractivity contribution < 1.29 is 0 Å². The number of nitrogens with one attached hydrogen (secondary N) is 1. The van der Waals surface area contributed by atoms with Gasteiger partial charge in [0.15, 0.2) is 0 Å². The topological polar surface area (TPSA) is 24.9 Å². The molecule has 0 aromatic carbocycles. The van der Waals surface area contributed by atoms with Crippen LogP contribution in [0.4, 0.5) is 5.82 Å². The number of hydrogen-bond acceptors (Lipinski definition) is 2. The summed E-state index contributed by atoms with van der Waals surface area (Å²) in [7, 11) is 0. The Morgan fingerprint density at radius 1 is 1.18 bits per heavy atom. The number of pyridine rings is 1. The first-order valence-corrected chi connectivity index (χ1v) is 6.99. The fourth-order valence-electron chi connectivity index (χ4n) is 3.26. The maximum atomic E-state index is 4.77. The number of fused-ring (bicyclic) bond motifs is 1. The fourth-order valence-corrected chi connectivity index (χ4v) is 3.26. The normalized spacial score (nSPS) is 31.5. The number of aromatic nitrogens is 1. The molecule has 92 valence electrons. The summed E-state index contributed by atoms with van der Waals surface area (Å²) in [6.07, 6.45) is 6.31. The molecule has 17 heavy (non-hydrogen) atoms. The van der Waals surface area contributed by atoms with Crippen molar-refractivity contribution in [2.24, 2.45) is 11.8 Å². The first kappa shape index (κ1) is 11.1. The molecule has 1 heterocycles. The van der Waals surface area contributed by atoms with E-state index in [1.54, 1.807) is 0 Å². The Labute approximate surface area is 104 Å². The van der Waals surface area contributed by atoms with Crippen molar-refractivity contribution in [1.82, 2.24) is 4.98 Å². The lowest BCUT2D eigenvalue weighted by Crippen LogP contribution is -2.24. The first-order chi connectivity index (χ1) is 8.24. The van der Waals surface area contributed by atoms with Gasteiger partial charge < -0.3 is 5.32 Å². The van der Waals surface area contributed by atoms with E-state index in [-0.39, 0.29) is 0 Å². The molecule has 1 aromatic heterocycles. The quantitative estimate of drug-likeness (QED) is 0.842. The largest absolute Gasteiger partial charge is 0.367 e. The van der Waals surface area contributed by atoms with Crippen molar-refractivity contribution in [3.05, 3.63) is 23.4 Å². The molecule has 3 unspecified atom stereocenters. The average Bonchev–Trinajstić information content (AvgIpc) is 2.90. The molecule has 2 aliphatic carbocycles. The molecule has 0 aliphatic heterocycles. The first-order valence-electron chi connectivity index (χ1n) is 6.99. The van der Waals surface area contributed by atoms with Gasteiger partial charge in [-0.3, -0.25) is 0 Å². The lowest BCUT2D eigenvalue weighted by atomic mass is 9.98.